The van der Waals surface area contributed by atoms with Crippen molar-refractivity contribution in [2.24, 2.45) is 5.92 Å². The molecule has 1 aromatic rings. The van der Waals surface area contributed by atoms with Gasteiger partial charge >= 0.3 is 0 Å². The topological polar surface area (TPSA) is 3.24 Å². The largest absolute Gasteiger partial charge is 0.300 e. The van der Waals surface area contributed by atoms with Crippen molar-refractivity contribution in [2.45, 2.75) is 64.3 Å². The molecule has 4 rings (SSSR count). The van der Waals surface area contributed by atoms with Gasteiger partial charge in [0.2, 0.25) is 0 Å². The fourth-order valence-electron chi connectivity index (χ4n) is 4.12. The van der Waals surface area contributed by atoms with Gasteiger partial charge in [-0.05, 0) is 55.7 Å². The molecule has 3 aliphatic rings. The lowest BCUT2D eigenvalue weighted by atomic mass is 9.80. The molecule has 0 N–H and O–H groups in total. The van der Waals surface area contributed by atoms with Gasteiger partial charge in [-0.3, -0.25) is 4.90 Å². The van der Waals surface area contributed by atoms with E-state index in [9.17, 15) is 0 Å². The molecular weight excluding hydrogens is 242 g/mol. The smallest absolute Gasteiger partial charge is 0.0136 e. The van der Waals surface area contributed by atoms with Gasteiger partial charge in [-0.25, -0.2) is 0 Å². The predicted molar refractivity (Wildman–Crippen MR) is 86.1 cm³/mol. The lowest BCUT2D eigenvalue weighted by Crippen LogP contribution is -2.46. The summed E-state index contributed by atoms with van der Waals surface area (Å²) in [5, 5.41) is 0. The molecule has 2 bridgehead atoms. The fraction of sp³-hybridized carbons (Fsp3) is 0.684. The van der Waals surface area contributed by atoms with Crippen molar-refractivity contribution in [3.63, 3.8) is 0 Å². The van der Waals surface area contributed by atoms with Crippen molar-refractivity contribution in [2.75, 3.05) is 13.1 Å². The Kier molecular flexibility index (Phi) is 4.77. The van der Waals surface area contributed by atoms with Crippen LogP contribution in [0.2, 0.25) is 0 Å². The van der Waals surface area contributed by atoms with Crippen LogP contribution in [0.3, 0.4) is 0 Å². The molecular formula is C19H29N. The van der Waals surface area contributed by atoms with Crippen LogP contribution in [0.25, 0.3) is 0 Å². The van der Waals surface area contributed by atoms with Crippen molar-refractivity contribution >= 4 is 0 Å². The van der Waals surface area contributed by atoms with Crippen LogP contribution >= 0.6 is 0 Å². The molecule has 2 aliphatic heterocycles. The third-order valence-corrected chi connectivity index (χ3v) is 5.30. The minimum atomic E-state index is 0.814. The molecule has 0 aromatic heterocycles. The molecule has 1 aromatic carbocycles. The van der Waals surface area contributed by atoms with E-state index in [0.29, 0.717) is 0 Å². The molecule has 0 amide bonds. The van der Waals surface area contributed by atoms with Gasteiger partial charge in [-0.2, -0.15) is 0 Å². The number of piperidine rings is 1. The Morgan fingerprint density at radius 3 is 2.60 bits per heavy atom. The minimum absolute atomic E-state index is 0.814. The maximum Gasteiger partial charge on any atom is 0.0136 e. The van der Waals surface area contributed by atoms with Crippen molar-refractivity contribution in [1.29, 1.82) is 0 Å². The van der Waals surface area contributed by atoms with Crippen molar-refractivity contribution in [3.8, 4) is 0 Å². The molecule has 1 saturated heterocycles. The average molecular weight is 271 g/mol. The highest BCUT2D eigenvalue weighted by Crippen LogP contribution is 2.32. The second-order valence-corrected chi connectivity index (χ2v) is 6.83. The summed E-state index contributed by atoms with van der Waals surface area (Å²) >= 11 is 0. The maximum absolute atomic E-state index is 2.82. The van der Waals surface area contributed by atoms with Gasteiger partial charge < -0.3 is 0 Å². The van der Waals surface area contributed by atoms with E-state index in [0.717, 1.165) is 12.0 Å². The summed E-state index contributed by atoms with van der Waals surface area (Å²) in [4.78, 5) is 2.82. The molecule has 20 heavy (non-hydrogen) atoms. The molecule has 110 valence electrons. The van der Waals surface area contributed by atoms with Crippen molar-refractivity contribution < 1.29 is 0 Å². The Labute approximate surface area is 124 Å². The SMILES string of the molecule is CCCCCCN1C[C@H]2CC[C@@H]1Cc1ccccc1C2. The van der Waals surface area contributed by atoms with E-state index in [4.69, 9.17) is 0 Å². The average Bonchev–Trinajstić information content (AvgIpc) is 2.44. The van der Waals surface area contributed by atoms with E-state index < -0.39 is 0 Å². The zero-order valence-electron chi connectivity index (χ0n) is 13.0. The summed E-state index contributed by atoms with van der Waals surface area (Å²) in [5.41, 5.74) is 3.26. The summed E-state index contributed by atoms with van der Waals surface area (Å²) in [7, 11) is 0. The first-order chi connectivity index (χ1) is 9.86. The van der Waals surface area contributed by atoms with Crippen LogP contribution < -0.4 is 0 Å². The van der Waals surface area contributed by atoms with Crippen LogP contribution in [0, 0.1) is 5.92 Å². The Hall–Kier alpha value is -0.820. The number of nitrogens with zero attached hydrogens (tertiary/aromatic N) is 1. The standard InChI is InChI=1S/C19H29N/c1-2-3-4-7-12-20-15-16-10-11-19(20)14-18-9-6-5-8-17(18)13-16/h5-6,8-9,16,19H,2-4,7,10-15H2,1H3/t16-,19+/m0/s1. The van der Waals surface area contributed by atoms with E-state index >= 15 is 0 Å². The molecule has 0 spiro atoms. The van der Waals surface area contributed by atoms with Crippen LogP contribution in [0.4, 0.5) is 0 Å². The summed E-state index contributed by atoms with van der Waals surface area (Å²) in [5.74, 6) is 0.902. The monoisotopic (exact) mass is 271 g/mol. The summed E-state index contributed by atoms with van der Waals surface area (Å²) in [6.45, 7) is 4.99. The number of benzene rings is 1. The van der Waals surface area contributed by atoms with Gasteiger partial charge in [0.1, 0.15) is 0 Å². The van der Waals surface area contributed by atoms with Gasteiger partial charge in [-0.1, -0.05) is 50.5 Å². The van der Waals surface area contributed by atoms with Crippen LogP contribution in [-0.2, 0) is 12.8 Å². The summed E-state index contributed by atoms with van der Waals surface area (Å²) in [6.07, 6.45) is 11.0. The first-order valence-electron chi connectivity index (χ1n) is 8.67. The Morgan fingerprint density at radius 1 is 1.00 bits per heavy atom. The Morgan fingerprint density at radius 2 is 1.80 bits per heavy atom. The normalized spacial score (nSPS) is 26.1. The highest BCUT2D eigenvalue weighted by atomic mass is 15.2. The lowest BCUT2D eigenvalue weighted by Gasteiger charge is -2.42. The number of unbranched alkanes of at least 4 members (excludes halogenated alkanes) is 3. The molecule has 1 fully saturated rings. The maximum atomic E-state index is 2.82. The minimum Gasteiger partial charge on any atom is -0.300 e. The molecule has 0 saturated carbocycles. The summed E-state index contributed by atoms with van der Waals surface area (Å²) in [6, 6.07) is 9.98. The first kappa shape index (κ1) is 14.1. The zero-order valence-corrected chi connectivity index (χ0v) is 13.0. The third-order valence-electron chi connectivity index (χ3n) is 5.30. The van der Waals surface area contributed by atoms with Crippen LogP contribution in [0.1, 0.15) is 56.6 Å². The number of rotatable bonds is 5. The highest BCUT2D eigenvalue weighted by Gasteiger charge is 2.31. The second kappa shape index (κ2) is 6.76. The third kappa shape index (κ3) is 3.25. The quantitative estimate of drug-likeness (QED) is 0.715. The van der Waals surface area contributed by atoms with Crippen LogP contribution in [0.5, 0.6) is 0 Å². The van der Waals surface area contributed by atoms with Crippen molar-refractivity contribution in [3.05, 3.63) is 35.4 Å². The first-order valence-corrected chi connectivity index (χ1v) is 8.67. The van der Waals surface area contributed by atoms with E-state index in [1.165, 1.54) is 64.5 Å². The molecule has 2 heterocycles. The van der Waals surface area contributed by atoms with Gasteiger partial charge in [0.15, 0.2) is 0 Å². The molecule has 1 nitrogen and oxygen atoms in total. The lowest BCUT2D eigenvalue weighted by molar-refractivity contribution is 0.0990. The van der Waals surface area contributed by atoms with Crippen LogP contribution in [-0.4, -0.2) is 24.0 Å². The summed E-state index contributed by atoms with van der Waals surface area (Å²) < 4.78 is 0. The van der Waals surface area contributed by atoms with Gasteiger partial charge in [0.25, 0.3) is 0 Å². The van der Waals surface area contributed by atoms with E-state index in [1.807, 2.05) is 0 Å². The fourth-order valence-corrected chi connectivity index (χ4v) is 4.12. The van der Waals surface area contributed by atoms with Gasteiger partial charge in [0.05, 0.1) is 0 Å². The Balaban J connectivity index is 1.66. The number of hydrogen-bond donors (Lipinski definition) is 0. The molecule has 2 atom stereocenters. The van der Waals surface area contributed by atoms with Crippen molar-refractivity contribution in [1.82, 2.24) is 4.90 Å². The van der Waals surface area contributed by atoms with E-state index in [-0.39, 0.29) is 0 Å². The molecule has 1 aliphatic carbocycles. The second-order valence-electron chi connectivity index (χ2n) is 6.83. The van der Waals surface area contributed by atoms with E-state index in [2.05, 4.69) is 36.1 Å². The van der Waals surface area contributed by atoms with E-state index in [1.54, 1.807) is 11.1 Å². The van der Waals surface area contributed by atoms with Gasteiger partial charge in [0, 0.05) is 12.6 Å². The number of hydrogen-bond acceptors (Lipinski definition) is 1. The Bertz CT molecular complexity index is 426. The highest BCUT2D eigenvalue weighted by molar-refractivity contribution is 5.29. The number of fused-ring (bicyclic) bond motifs is 2. The predicted octanol–water partition coefficient (Wildman–Crippen LogP) is 4.45. The molecule has 0 radical (unpaired) electrons. The van der Waals surface area contributed by atoms with Crippen LogP contribution in [0.15, 0.2) is 24.3 Å². The molecule has 0 unspecified atom stereocenters. The molecule has 1 heteroatoms. The zero-order chi connectivity index (χ0) is 13.8. The van der Waals surface area contributed by atoms with Gasteiger partial charge in [-0.15, -0.1) is 0 Å².